The lowest BCUT2D eigenvalue weighted by atomic mass is 10.1. The molecule has 22 heavy (non-hydrogen) atoms. The van der Waals surface area contributed by atoms with Crippen molar-refractivity contribution in [1.82, 2.24) is 0 Å². The SMILES string of the molecule is CC(C)(C#N)N=NC(C)(C)C#N.CCCCOOCCCC. The lowest BCUT2D eigenvalue weighted by Gasteiger charge is -2.11. The van der Waals surface area contributed by atoms with E-state index in [4.69, 9.17) is 20.3 Å². The van der Waals surface area contributed by atoms with Crippen LogP contribution in [-0.2, 0) is 9.78 Å². The average molecular weight is 310 g/mol. The molecular weight excluding hydrogens is 280 g/mol. The Morgan fingerprint density at radius 3 is 1.32 bits per heavy atom. The topological polar surface area (TPSA) is 90.8 Å². The third-order valence-electron chi connectivity index (χ3n) is 2.34. The summed E-state index contributed by atoms with van der Waals surface area (Å²) >= 11 is 0. The molecule has 0 aliphatic heterocycles. The van der Waals surface area contributed by atoms with Gasteiger partial charge in [0, 0.05) is 0 Å². The monoisotopic (exact) mass is 310 g/mol. The minimum Gasteiger partial charge on any atom is -0.237 e. The largest absolute Gasteiger partial charge is 0.237 e. The molecule has 0 bridgehead atoms. The molecule has 0 saturated carbocycles. The molecule has 0 spiro atoms. The summed E-state index contributed by atoms with van der Waals surface area (Å²) in [5.74, 6) is 0. The zero-order valence-electron chi connectivity index (χ0n) is 14.8. The summed E-state index contributed by atoms with van der Waals surface area (Å²) in [4.78, 5) is 9.75. The van der Waals surface area contributed by atoms with Crippen molar-refractivity contribution in [2.24, 2.45) is 10.2 Å². The molecule has 6 nitrogen and oxygen atoms in total. The third kappa shape index (κ3) is 16.6. The van der Waals surface area contributed by atoms with E-state index in [0.717, 1.165) is 38.9 Å². The van der Waals surface area contributed by atoms with Crippen molar-refractivity contribution in [2.75, 3.05) is 13.2 Å². The van der Waals surface area contributed by atoms with Crippen LogP contribution in [0.1, 0.15) is 67.2 Å². The van der Waals surface area contributed by atoms with E-state index in [1.165, 1.54) is 0 Å². The molecule has 0 saturated heterocycles. The third-order valence-corrected chi connectivity index (χ3v) is 2.34. The zero-order valence-corrected chi connectivity index (χ0v) is 14.8. The van der Waals surface area contributed by atoms with Gasteiger partial charge in [-0.1, -0.05) is 26.7 Å². The molecule has 0 amide bonds. The molecule has 0 aliphatic rings. The quantitative estimate of drug-likeness (QED) is 0.270. The Hall–Kier alpha value is -1.50. The van der Waals surface area contributed by atoms with Gasteiger partial charge in [0.1, 0.15) is 0 Å². The number of azo groups is 1. The molecule has 0 aliphatic carbocycles. The minimum absolute atomic E-state index is 0.736. The molecule has 0 aromatic heterocycles. The summed E-state index contributed by atoms with van der Waals surface area (Å²) in [6.07, 6.45) is 4.51. The Kier molecular flexibility index (Phi) is 13.6. The van der Waals surface area contributed by atoms with Crippen LogP contribution >= 0.6 is 0 Å². The summed E-state index contributed by atoms with van der Waals surface area (Å²) in [5.41, 5.74) is -1.68. The van der Waals surface area contributed by atoms with E-state index in [2.05, 4.69) is 24.1 Å². The first kappa shape index (κ1) is 22.8. The van der Waals surface area contributed by atoms with Crippen LogP contribution in [0.2, 0.25) is 0 Å². The van der Waals surface area contributed by atoms with Crippen LogP contribution in [-0.4, -0.2) is 24.3 Å². The first-order valence-corrected chi connectivity index (χ1v) is 7.75. The summed E-state index contributed by atoms with van der Waals surface area (Å²) < 4.78 is 0. The number of nitrogens with zero attached hydrogens (tertiary/aromatic N) is 4. The Labute approximate surface area is 135 Å². The molecule has 0 aromatic carbocycles. The second-order valence-electron chi connectivity index (χ2n) is 5.89. The van der Waals surface area contributed by atoms with Crippen LogP contribution in [0, 0.1) is 22.7 Å². The average Bonchev–Trinajstić information content (AvgIpc) is 2.50. The van der Waals surface area contributed by atoms with Crippen LogP contribution in [0.5, 0.6) is 0 Å². The summed E-state index contributed by atoms with van der Waals surface area (Å²) in [5, 5.41) is 24.7. The molecule has 0 rings (SSSR count). The van der Waals surface area contributed by atoms with Crippen molar-refractivity contribution < 1.29 is 9.78 Å². The maximum absolute atomic E-state index is 8.58. The van der Waals surface area contributed by atoms with E-state index < -0.39 is 11.1 Å². The summed E-state index contributed by atoms with van der Waals surface area (Å²) in [6.45, 7) is 12.3. The van der Waals surface area contributed by atoms with Crippen LogP contribution in [0.15, 0.2) is 10.2 Å². The van der Waals surface area contributed by atoms with E-state index in [0.29, 0.717) is 0 Å². The van der Waals surface area contributed by atoms with Crippen LogP contribution in [0.25, 0.3) is 0 Å². The van der Waals surface area contributed by atoms with Crippen molar-refractivity contribution in [3.63, 3.8) is 0 Å². The predicted octanol–water partition coefficient (Wildman–Crippen LogP) is 4.58. The van der Waals surface area contributed by atoms with Crippen LogP contribution in [0.3, 0.4) is 0 Å². The van der Waals surface area contributed by atoms with Gasteiger partial charge >= 0.3 is 0 Å². The van der Waals surface area contributed by atoms with Gasteiger partial charge in [0.05, 0.1) is 25.4 Å². The highest BCUT2D eigenvalue weighted by atomic mass is 17.2. The number of nitriles is 2. The van der Waals surface area contributed by atoms with Crippen LogP contribution in [0.4, 0.5) is 0 Å². The Morgan fingerprint density at radius 1 is 0.773 bits per heavy atom. The smallest absolute Gasteiger partial charge is 0.162 e. The zero-order chi connectivity index (χ0) is 17.5. The predicted molar refractivity (Wildman–Crippen MR) is 86.0 cm³/mol. The fourth-order valence-corrected chi connectivity index (χ4v) is 0.819. The van der Waals surface area contributed by atoms with Crippen LogP contribution < -0.4 is 0 Å². The van der Waals surface area contributed by atoms with Gasteiger partial charge in [-0.15, -0.1) is 0 Å². The van der Waals surface area contributed by atoms with Crippen molar-refractivity contribution in [3.05, 3.63) is 0 Å². The van der Waals surface area contributed by atoms with E-state index in [-0.39, 0.29) is 0 Å². The molecule has 0 heterocycles. The van der Waals surface area contributed by atoms with E-state index in [9.17, 15) is 0 Å². The maximum atomic E-state index is 8.58. The molecule has 0 atom stereocenters. The van der Waals surface area contributed by atoms with Gasteiger partial charge in [0.15, 0.2) is 11.1 Å². The lowest BCUT2D eigenvalue weighted by molar-refractivity contribution is -0.295. The van der Waals surface area contributed by atoms with Gasteiger partial charge in [-0.2, -0.15) is 20.8 Å². The normalized spacial score (nSPS) is 11.5. The fourth-order valence-electron chi connectivity index (χ4n) is 0.819. The van der Waals surface area contributed by atoms with Crippen molar-refractivity contribution in [3.8, 4) is 12.1 Å². The van der Waals surface area contributed by atoms with Gasteiger partial charge in [-0.3, -0.25) is 0 Å². The Morgan fingerprint density at radius 2 is 1.09 bits per heavy atom. The van der Waals surface area contributed by atoms with E-state index in [1.807, 2.05) is 12.1 Å². The first-order chi connectivity index (χ1) is 10.2. The number of rotatable bonds is 9. The van der Waals surface area contributed by atoms with Gasteiger partial charge in [-0.25, -0.2) is 9.78 Å². The van der Waals surface area contributed by atoms with Gasteiger partial charge < -0.3 is 0 Å². The summed E-state index contributed by atoms with van der Waals surface area (Å²) in [7, 11) is 0. The second kappa shape index (κ2) is 13.2. The van der Waals surface area contributed by atoms with Gasteiger partial charge in [-0.05, 0) is 40.5 Å². The molecule has 126 valence electrons. The second-order valence-corrected chi connectivity index (χ2v) is 5.89. The van der Waals surface area contributed by atoms with Crippen molar-refractivity contribution >= 4 is 0 Å². The van der Waals surface area contributed by atoms with E-state index in [1.54, 1.807) is 27.7 Å². The van der Waals surface area contributed by atoms with Gasteiger partial charge in [0.2, 0.25) is 0 Å². The van der Waals surface area contributed by atoms with Crippen molar-refractivity contribution in [1.29, 1.82) is 10.5 Å². The molecule has 0 fully saturated rings. The highest BCUT2D eigenvalue weighted by Crippen LogP contribution is 2.13. The standard InChI is InChI=1S/C8H12N4.C8H18O2/c1-7(2,5-9)11-12-8(3,4)6-10;1-3-5-7-9-10-8-6-4-2/h1-4H3;3-8H2,1-2H3. The summed E-state index contributed by atoms with van der Waals surface area (Å²) in [6, 6.07) is 3.94. The maximum Gasteiger partial charge on any atom is 0.162 e. The Balaban J connectivity index is 0. The first-order valence-electron chi connectivity index (χ1n) is 7.75. The molecule has 0 aromatic rings. The molecule has 0 unspecified atom stereocenters. The molecule has 0 N–H and O–H groups in total. The highest BCUT2D eigenvalue weighted by molar-refractivity contribution is 5.03. The highest BCUT2D eigenvalue weighted by Gasteiger charge is 2.19. The molecule has 6 heteroatoms. The number of hydrogen-bond acceptors (Lipinski definition) is 6. The van der Waals surface area contributed by atoms with E-state index >= 15 is 0 Å². The number of hydrogen-bond donors (Lipinski definition) is 0. The van der Waals surface area contributed by atoms with Crippen molar-refractivity contribution in [2.45, 2.75) is 78.3 Å². The Bertz CT molecular complexity index is 343. The number of unbranched alkanes of at least 4 members (excludes halogenated alkanes) is 2. The minimum atomic E-state index is -0.839. The lowest BCUT2D eigenvalue weighted by Crippen LogP contribution is -2.17. The fraction of sp³-hybridized carbons (Fsp3) is 0.875. The molecule has 0 radical (unpaired) electrons. The van der Waals surface area contributed by atoms with Gasteiger partial charge in [0.25, 0.3) is 0 Å². The molecular formula is C16H30N4O2.